The second-order valence-electron chi connectivity index (χ2n) is 6.83. The summed E-state index contributed by atoms with van der Waals surface area (Å²) in [4.78, 5) is 47.7. The monoisotopic (exact) mass is 377 g/mol. The van der Waals surface area contributed by atoms with E-state index in [0.29, 0.717) is 19.3 Å². The molecule has 0 aromatic heterocycles. The van der Waals surface area contributed by atoms with Crippen LogP contribution in [0.1, 0.15) is 38.2 Å². The predicted molar refractivity (Wildman–Crippen MR) is 95.8 cm³/mol. The topological polar surface area (TPSA) is 118 Å². The quantitative estimate of drug-likeness (QED) is 0.645. The Bertz CT molecular complexity index is 737. The second kappa shape index (κ2) is 9.25. The maximum Gasteiger partial charge on any atom is 0.243 e. The Morgan fingerprint density at radius 2 is 1.96 bits per heavy atom. The molecule has 0 aliphatic heterocycles. The standard InChI is InChI=1S/C19H24FN3O4/c1-11(24)22-16(10-12-5-2-3-8-15(12)20)19(27)23-17(18(21)26)13-6-4-7-14(25)9-13/h2-3,5,8,13,16-17H,4,6-7,9-10H2,1H3,(H2,21,26)(H,22,24)(H,23,27)/t13-,16-,17+/m0/s1. The number of rotatable bonds is 7. The minimum absolute atomic E-state index is 0.0246. The molecule has 1 saturated carbocycles. The van der Waals surface area contributed by atoms with Gasteiger partial charge in [-0.25, -0.2) is 4.39 Å². The van der Waals surface area contributed by atoms with Gasteiger partial charge < -0.3 is 16.4 Å². The molecule has 0 saturated heterocycles. The zero-order valence-corrected chi connectivity index (χ0v) is 15.2. The minimum Gasteiger partial charge on any atom is -0.368 e. The van der Waals surface area contributed by atoms with Gasteiger partial charge in [-0.2, -0.15) is 0 Å². The van der Waals surface area contributed by atoms with Crippen LogP contribution in [0.2, 0.25) is 0 Å². The predicted octanol–water partition coefficient (Wildman–Crippen LogP) is 0.602. The number of primary amides is 1. The number of benzene rings is 1. The van der Waals surface area contributed by atoms with Crippen molar-refractivity contribution in [3.8, 4) is 0 Å². The van der Waals surface area contributed by atoms with Crippen LogP contribution in [0, 0.1) is 11.7 Å². The first-order valence-corrected chi connectivity index (χ1v) is 8.89. The normalized spacial score (nSPS) is 19.0. The number of hydrogen-bond donors (Lipinski definition) is 3. The molecule has 0 bridgehead atoms. The van der Waals surface area contributed by atoms with E-state index in [1.807, 2.05) is 0 Å². The van der Waals surface area contributed by atoms with Gasteiger partial charge in [0.15, 0.2) is 0 Å². The van der Waals surface area contributed by atoms with Crippen LogP contribution in [-0.2, 0) is 25.6 Å². The number of ketones is 1. The Hall–Kier alpha value is -2.77. The van der Waals surface area contributed by atoms with Crippen LogP contribution < -0.4 is 16.4 Å². The van der Waals surface area contributed by atoms with Crippen molar-refractivity contribution >= 4 is 23.5 Å². The van der Waals surface area contributed by atoms with E-state index in [2.05, 4.69) is 10.6 Å². The molecule has 3 atom stereocenters. The fraction of sp³-hybridized carbons (Fsp3) is 0.474. The average Bonchev–Trinajstić information content (AvgIpc) is 2.60. The highest BCUT2D eigenvalue weighted by Gasteiger charge is 2.34. The van der Waals surface area contributed by atoms with Crippen LogP contribution in [0.4, 0.5) is 4.39 Å². The molecule has 1 aliphatic carbocycles. The fourth-order valence-electron chi connectivity index (χ4n) is 3.36. The third kappa shape index (κ3) is 5.87. The van der Waals surface area contributed by atoms with Crippen LogP contribution >= 0.6 is 0 Å². The van der Waals surface area contributed by atoms with E-state index < -0.39 is 35.6 Å². The zero-order valence-electron chi connectivity index (χ0n) is 15.2. The number of halogens is 1. The molecule has 0 heterocycles. The Morgan fingerprint density at radius 3 is 2.56 bits per heavy atom. The molecular formula is C19H24FN3O4. The summed E-state index contributed by atoms with van der Waals surface area (Å²) in [7, 11) is 0. The molecule has 0 spiro atoms. The molecule has 2 rings (SSSR count). The van der Waals surface area contributed by atoms with Crippen molar-refractivity contribution in [2.75, 3.05) is 0 Å². The molecule has 1 aromatic rings. The van der Waals surface area contributed by atoms with Gasteiger partial charge >= 0.3 is 0 Å². The maximum atomic E-state index is 13.9. The summed E-state index contributed by atoms with van der Waals surface area (Å²) in [6, 6.07) is 3.84. The SMILES string of the molecule is CC(=O)N[C@@H](Cc1ccccc1F)C(=O)N[C@@H](C(N)=O)[C@H]1CCCC(=O)C1. The first kappa shape index (κ1) is 20.5. The lowest BCUT2D eigenvalue weighted by Crippen LogP contribution is -2.56. The summed E-state index contributed by atoms with van der Waals surface area (Å²) < 4.78 is 13.9. The van der Waals surface area contributed by atoms with Crippen LogP contribution in [0.15, 0.2) is 24.3 Å². The van der Waals surface area contributed by atoms with Crippen LogP contribution in [0.3, 0.4) is 0 Å². The zero-order chi connectivity index (χ0) is 20.0. The van der Waals surface area contributed by atoms with Crippen LogP contribution in [0.5, 0.6) is 0 Å². The van der Waals surface area contributed by atoms with Crippen molar-refractivity contribution in [1.82, 2.24) is 10.6 Å². The van der Waals surface area contributed by atoms with E-state index in [4.69, 9.17) is 5.73 Å². The maximum absolute atomic E-state index is 13.9. The van der Waals surface area contributed by atoms with E-state index in [1.165, 1.54) is 25.1 Å². The molecule has 1 fully saturated rings. The molecule has 146 valence electrons. The number of carbonyl (C=O) groups is 4. The minimum atomic E-state index is -1.07. The highest BCUT2D eigenvalue weighted by molar-refractivity contribution is 5.92. The summed E-state index contributed by atoms with van der Waals surface area (Å²) in [6.07, 6.45) is 1.78. The third-order valence-electron chi connectivity index (χ3n) is 4.67. The first-order chi connectivity index (χ1) is 12.8. The number of carbonyl (C=O) groups excluding carboxylic acids is 4. The lowest BCUT2D eigenvalue weighted by Gasteiger charge is -2.29. The van der Waals surface area contributed by atoms with Gasteiger partial charge in [-0.05, 0) is 30.4 Å². The summed E-state index contributed by atoms with van der Waals surface area (Å²) >= 11 is 0. The Balaban J connectivity index is 2.15. The lowest BCUT2D eigenvalue weighted by atomic mass is 9.82. The smallest absolute Gasteiger partial charge is 0.243 e. The van der Waals surface area contributed by atoms with E-state index in [9.17, 15) is 23.6 Å². The van der Waals surface area contributed by atoms with E-state index in [1.54, 1.807) is 6.07 Å². The molecule has 0 unspecified atom stereocenters. The van der Waals surface area contributed by atoms with Crippen molar-refractivity contribution in [3.05, 3.63) is 35.6 Å². The summed E-state index contributed by atoms with van der Waals surface area (Å²) in [5.74, 6) is -2.69. The molecular weight excluding hydrogens is 353 g/mol. The summed E-state index contributed by atoms with van der Waals surface area (Å²) in [5, 5.41) is 5.02. The van der Waals surface area contributed by atoms with Gasteiger partial charge in [0, 0.05) is 26.2 Å². The Labute approximate surface area is 156 Å². The fourth-order valence-corrected chi connectivity index (χ4v) is 3.36. The van der Waals surface area contributed by atoms with Crippen molar-refractivity contribution in [2.24, 2.45) is 11.7 Å². The summed E-state index contributed by atoms with van der Waals surface area (Å²) in [5.41, 5.74) is 5.69. The van der Waals surface area contributed by atoms with Gasteiger partial charge in [-0.3, -0.25) is 19.2 Å². The van der Waals surface area contributed by atoms with E-state index in [0.717, 1.165) is 0 Å². The highest BCUT2D eigenvalue weighted by atomic mass is 19.1. The molecule has 3 amide bonds. The number of nitrogens with two attached hydrogens (primary N) is 1. The van der Waals surface area contributed by atoms with Gasteiger partial charge in [0.2, 0.25) is 17.7 Å². The molecule has 1 aromatic carbocycles. The van der Waals surface area contributed by atoms with E-state index >= 15 is 0 Å². The summed E-state index contributed by atoms with van der Waals surface area (Å²) in [6.45, 7) is 1.24. The molecule has 7 nitrogen and oxygen atoms in total. The number of Topliss-reactive ketones (excluding diaryl/α,β-unsaturated/α-hetero) is 1. The molecule has 4 N–H and O–H groups in total. The van der Waals surface area contributed by atoms with Gasteiger partial charge in [-0.15, -0.1) is 0 Å². The number of nitrogens with one attached hydrogen (secondary N) is 2. The van der Waals surface area contributed by atoms with Gasteiger partial charge in [0.05, 0.1) is 0 Å². The van der Waals surface area contributed by atoms with Gasteiger partial charge in [-0.1, -0.05) is 18.2 Å². The highest BCUT2D eigenvalue weighted by Crippen LogP contribution is 2.24. The largest absolute Gasteiger partial charge is 0.368 e. The number of hydrogen-bond acceptors (Lipinski definition) is 4. The van der Waals surface area contributed by atoms with Crippen molar-refractivity contribution in [3.63, 3.8) is 0 Å². The second-order valence-corrected chi connectivity index (χ2v) is 6.83. The van der Waals surface area contributed by atoms with Crippen LogP contribution in [0.25, 0.3) is 0 Å². The number of amides is 3. The molecule has 1 aliphatic rings. The molecule has 0 radical (unpaired) electrons. The van der Waals surface area contributed by atoms with Crippen molar-refractivity contribution < 1.29 is 23.6 Å². The molecule has 8 heteroatoms. The Morgan fingerprint density at radius 1 is 1.26 bits per heavy atom. The van der Waals surface area contributed by atoms with Crippen LogP contribution in [-0.4, -0.2) is 35.6 Å². The Kier molecular flexibility index (Phi) is 7.04. The van der Waals surface area contributed by atoms with Crippen molar-refractivity contribution in [2.45, 2.75) is 51.1 Å². The van der Waals surface area contributed by atoms with E-state index in [-0.39, 0.29) is 30.1 Å². The third-order valence-corrected chi connectivity index (χ3v) is 4.67. The van der Waals surface area contributed by atoms with Gasteiger partial charge in [0.1, 0.15) is 23.7 Å². The molecule has 27 heavy (non-hydrogen) atoms. The lowest BCUT2D eigenvalue weighted by molar-refractivity contribution is -0.132. The average molecular weight is 377 g/mol. The van der Waals surface area contributed by atoms with Crippen molar-refractivity contribution in [1.29, 1.82) is 0 Å². The first-order valence-electron chi connectivity index (χ1n) is 8.89. The van der Waals surface area contributed by atoms with Gasteiger partial charge in [0.25, 0.3) is 0 Å².